The number of rotatable bonds is 3. The predicted octanol–water partition coefficient (Wildman–Crippen LogP) is 6.70. The van der Waals surface area contributed by atoms with Crippen molar-refractivity contribution >= 4 is 22.5 Å². The molecule has 3 nitrogen and oxygen atoms in total. The van der Waals surface area contributed by atoms with Gasteiger partial charge in [0, 0.05) is 16.6 Å². The Morgan fingerprint density at radius 1 is 0.800 bits per heavy atom. The summed E-state index contributed by atoms with van der Waals surface area (Å²) in [4.78, 5) is 18.6. The first-order chi connectivity index (χ1) is 14.4. The van der Waals surface area contributed by atoms with Gasteiger partial charge >= 0.3 is 0 Å². The molecular formula is C27H26N2O. The van der Waals surface area contributed by atoms with E-state index < -0.39 is 0 Å². The van der Waals surface area contributed by atoms with E-state index in [0.717, 1.165) is 55.7 Å². The van der Waals surface area contributed by atoms with Gasteiger partial charge in [-0.1, -0.05) is 60.2 Å². The molecule has 0 aliphatic rings. The monoisotopic (exact) mass is 394 g/mol. The second-order valence-corrected chi connectivity index (χ2v) is 8.03. The fourth-order valence-electron chi connectivity index (χ4n) is 4.17. The van der Waals surface area contributed by atoms with Gasteiger partial charge in [-0.25, -0.2) is 4.98 Å². The molecular weight excluding hydrogens is 368 g/mol. The number of aromatic nitrogens is 1. The van der Waals surface area contributed by atoms with Crippen LogP contribution in [0.25, 0.3) is 22.2 Å². The molecule has 30 heavy (non-hydrogen) atoms. The second kappa shape index (κ2) is 7.75. The summed E-state index contributed by atoms with van der Waals surface area (Å²) in [7, 11) is 0. The highest BCUT2D eigenvalue weighted by Crippen LogP contribution is 2.33. The molecule has 0 fully saturated rings. The number of anilines is 1. The van der Waals surface area contributed by atoms with Crippen LogP contribution in [0.2, 0.25) is 0 Å². The highest BCUT2D eigenvalue weighted by Gasteiger charge is 2.21. The van der Waals surface area contributed by atoms with E-state index in [1.165, 1.54) is 0 Å². The minimum atomic E-state index is -0.0977. The van der Waals surface area contributed by atoms with Crippen LogP contribution in [-0.4, -0.2) is 10.9 Å². The Kier molecular flexibility index (Phi) is 5.13. The number of benzene rings is 3. The summed E-state index contributed by atoms with van der Waals surface area (Å²) in [5.41, 5.74) is 9.48. The van der Waals surface area contributed by atoms with Gasteiger partial charge in [0.2, 0.25) is 0 Å². The lowest BCUT2D eigenvalue weighted by atomic mass is 9.94. The lowest BCUT2D eigenvalue weighted by molar-refractivity contribution is 0.102. The molecule has 150 valence electrons. The molecule has 4 rings (SSSR count). The van der Waals surface area contributed by atoms with Crippen LogP contribution in [0, 0.1) is 34.6 Å². The zero-order chi connectivity index (χ0) is 21.4. The fraction of sp³-hybridized carbons (Fsp3) is 0.185. The number of pyridine rings is 1. The third kappa shape index (κ3) is 3.48. The van der Waals surface area contributed by atoms with Gasteiger partial charge in [0.05, 0.1) is 16.8 Å². The quantitative estimate of drug-likeness (QED) is 0.420. The summed E-state index contributed by atoms with van der Waals surface area (Å²) in [5, 5.41) is 4.08. The van der Waals surface area contributed by atoms with Crippen LogP contribution in [0.4, 0.5) is 5.69 Å². The molecule has 0 saturated carbocycles. The molecule has 0 radical (unpaired) electrons. The summed E-state index contributed by atoms with van der Waals surface area (Å²) >= 11 is 0. The van der Waals surface area contributed by atoms with E-state index in [4.69, 9.17) is 4.98 Å². The number of fused-ring (bicyclic) bond motifs is 1. The van der Waals surface area contributed by atoms with Gasteiger partial charge in [-0.2, -0.15) is 0 Å². The van der Waals surface area contributed by atoms with Crippen molar-refractivity contribution in [3.63, 3.8) is 0 Å². The lowest BCUT2D eigenvalue weighted by Gasteiger charge is -2.18. The summed E-state index contributed by atoms with van der Waals surface area (Å²) in [6.07, 6.45) is 0. The largest absolute Gasteiger partial charge is 0.321 e. The zero-order valence-electron chi connectivity index (χ0n) is 18.1. The Morgan fingerprint density at radius 3 is 2.13 bits per heavy atom. The lowest BCUT2D eigenvalue weighted by Crippen LogP contribution is -2.17. The smallest absolute Gasteiger partial charge is 0.256 e. The first-order valence-electron chi connectivity index (χ1n) is 10.2. The maximum Gasteiger partial charge on any atom is 0.256 e. The Bertz CT molecular complexity index is 1250. The van der Waals surface area contributed by atoms with E-state index in [1.807, 2.05) is 69.3 Å². The summed E-state index contributed by atoms with van der Waals surface area (Å²) in [6.45, 7) is 10.1. The van der Waals surface area contributed by atoms with Crippen molar-refractivity contribution in [2.45, 2.75) is 34.6 Å². The van der Waals surface area contributed by atoms with Crippen molar-refractivity contribution in [3.8, 4) is 11.3 Å². The van der Waals surface area contributed by atoms with Gasteiger partial charge in [0.15, 0.2) is 0 Å². The first-order valence-corrected chi connectivity index (χ1v) is 10.2. The van der Waals surface area contributed by atoms with Crippen molar-refractivity contribution in [1.29, 1.82) is 0 Å². The van der Waals surface area contributed by atoms with Gasteiger partial charge < -0.3 is 5.32 Å². The Hall–Kier alpha value is -3.46. The first kappa shape index (κ1) is 19.8. The van der Waals surface area contributed by atoms with Crippen LogP contribution in [0.3, 0.4) is 0 Å². The average molecular weight is 395 g/mol. The van der Waals surface area contributed by atoms with E-state index in [9.17, 15) is 4.79 Å². The maximum absolute atomic E-state index is 13.6. The molecule has 0 bridgehead atoms. The van der Waals surface area contributed by atoms with Crippen molar-refractivity contribution in [2.24, 2.45) is 0 Å². The van der Waals surface area contributed by atoms with E-state index >= 15 is 0 Å². The van der Waals surface area contributed by atoms with Gasteiger partial charge in [0.1, 0.15) is 0 Å². The van der Waals surface area contributed by atoms with Gasteiger partial charge in [0.25, 0.3) is 5.91 Å². The molecule has 4 aromatic rings. The number of para-hydroxylation sites is 1. The molecule has 3 heteroatoms. The number of carbonyl (C=O) groups is 1. The maximum atomic E-state index is 13.6. The van der Waals surface area contributed by atoms with E-state index in [2.05, 4.69) is 31.3 Å². The highest BCUT2D eigenvalue weighted by molar-refractivity contribution is 6.15. The van der Waals surface area contributed by atoms with Crippen molar-refractivity contribution in [2.75, 3.05) is 5.32 Å². The third-order valence-electron chi connectivity index (χ3n) is 5.66. The van der Waals surface area contributed by atoms with Crippen LogP contribution in [0.15, 0.2) is 60.7 Å². The van der Waals surface area contributed by atoms with Gasteiger partial charge in [-0.15, -0.1) is 0 Å². The molecule has 0 spiro atoms. The third-order valence-corrected chi connectivity index (χ3v) is 5.66. The summed E-state index contributed by atoms with van der Waals surface area (Å²) < 4.78 is 0. The number of aryl methyl sites for hydroxylation is 4. The number of hydrogen-bond acceptors (Lipinski definition) is 2. The highest BCUT2D eigenvalue weighted by atomic mass is 16.1. The van der Waals surface area contributed by atoms with E-state index in [0.29, 0.717) is 5.56 Å². The van der Waals surface area contributed by atoms with Crippen LogP contribution in [0.5, 0.6) is 0 Å². The number of amides is 1. The molecule has 3 aromatic carbocycles. The number of nitrogens with zero attached hydrogens (tertiary/aromatic N) is 1. The number of nitrogens with one attached hydrogen (secondary N) is 1. The minimum Gasteiger partial charge on any atom is -0.321 e. The average Bonchev–Trinajstić information content (AvgIpc) is 2.71. The van der Waals surface area contributed by atoms with Crippen LogP contribution in [-0.2, 0) is 0 Å². The van der Waals surface area contributed by atoms with Crippen LogP contribution >= 0.6 is 0 Å². The van der Waals surface area contributed by atoms with Crippen LogP contribution < -0.4 is 5.32 Å². The molecule has 0 aliphatic carbocycles. The zero-order valence-corrected chi connectivity index (χ0v) is 18.1. The fourth-order valence-corrected chi connectivity index (χ4v) is 4.17. The molecule has 1 N–H and O–H groups in total. The molecule has 1 heterocycles. The summed E-state index contributed by atoms with van der Waals surface area (Å²) in [6, 6.07) is 20.3. The molecule has 1 aromatic heterocycles. The molecule has 0 aliphatic heterocycles. The molecule has 0 saturated heterocycles. The predicted molar refractivity (Wildman–Crippen MR) is 125 cm³/mol. The molecule has 1 amide bonds. The molecule has 0 unspecified atom stereocenters. The Morgan fingerprint density at radius 2 is 1.47 bits per heavy atom. The van der Waals surface area contributed by atoms with Crippen molar-refractivity contribution in [1.82, 2.24) is 4.98 Å². The Balaban J connectivity index is 1.97. The topological polar surface area (TPSA) is 42.0 Å². The van der Waals surface area contributed by atoms with E-state index in [-0.39, 0.29) is 5.91 Å². The number of carbonyl (C=O) groups excluding carboxylic acids is 1. The SMILES string of the molecule is Cc1cc(C)c2nc(-c3ccccc3)c(C)c(C(=O)Nc3c(C)cccc3C)c2c1. The van der Waals surface area contributed by atoms with Crippen molar-refractivity contribution in [3.05, 3.63) is 94.0 Å². The summed E-state index contributed by atoms with van der Waals surface area (Å²) in [5.74, 6) is -0.0977. The standard InChI is InChI=1S/C27H26N2O/c1-16-14-19(4)25-22(15-16)23(20(5)26(28-25)21-12-7-6-8-13-21)27(30)29-24-17(2)10-9-11-18(24)3/h6-15H,1-5H3,(H,29,30). The number of hydrogen-bond donors (Lipinski definition) is 1. The van der Waals surface area contributed by atoms with Gasteiger partial charge in [-0.3, -0.25) is 4.79 Å². The molecule has 0 atom stereocenters. The second-order valence-electron chi connectivity index (χ2n) is 8.03. The normalized spacial score (nSPS) is 11.0. The van der Waals surface area contributed by atoms with Gasteiger partial charge in [-0.05, 0) is 62.9 Å². The Labute approximate surface area is 177 Å². The van der Waals surface area contributed by atoms with Crippen LogP contribution in [0.1, 0.15) is 38.2 Å². The van der Waals surface area contributed by atoms with E-state index in [1.54, 1.807) is 0 Å². The minimum absolute atomic E-state index is 0.0977. The van der Waals surface area contributed by atoms with Crippen molar-refractivity contribution < 1.29 is 4.79 Å².